The highest BCUT2D eigenvalue weighted by Crippen LogP contribution is 2.33. The average Bonchev–Trinajstić information content (AvgIpc) is 2.86. The van der Waals surface area contributed by atoms with E-state index in [-0.39, 0.29) is 12.3 Å². The van der Waals surface area contributed by atoms with Crippen LogP contribution in [0.2, 0.25) is 0 Å². The number of methoxy groups -OCH3 is 2. The van der Waals surface area contributed by atoms with Gasteiger partial charge in [-0.1, -0.05) is 6.07 Å². The average molecular weight is 307 g/mol. The number of amides is 1. The Hall–Kier alpha value is -2.24. The summed E-state index contributed by atoms with van der Waals surface area (Å²) < 4.78 is 10.5. The summed E-state index contributed by atoms with van der Waals surface area (Å²) in [4.78, 5) is 22.5. The van der Waals surface area contributed by atoms with Gasteiger partial charge in [0.05, 0.1) is 14.2 Å². The predicted molar refractivity (Wildman–Crippen MR) is 80.2 cm³/mol. The van der Waals surface area contributed by atoms with Crippen molar-refractivity contribution in [2.45, 2.75) is 37.6 Å². The lowest BCUT2D eigenvalue weighted by atomic mass is 9.85. The summed E-state index contributed by atoms with van der Waals surface area (Å²) >= 11 is 0. The van der Waals surface area contributed by atoms with Crippen molar-refractivity contribution in [1.82, 2.24) is 5.32 Å². The quantitative estimate of drug-likeness (QED) is 0.802. The number of carbonyl (C=O) groups excluding carboxylic acids is 1. The maximum Gasteiger partial charge on any atom is 0.303 e. The van der Waals surface area contributed by atoms with Crippen molar-refractivity contribution in [1.29, 1.82) is 0 Å². The standard InChI is InChI=1S/C16H21NO5/c1-21-12-4-3-11(9-13(12)22-2)10-16(8-6-15(19)20)7-5-14(18)17-16/h3-4,9H,5-8,10H2,1-2H3,(H,17,18)(H,19,20)/t16-/m0/s1. The maximum absolute atomic E-state index is 11.6. The van der Waals surface area contributed by atoms with E-state index in [4.69, 9.17) is 14.6 Å². The SMILES string of the molecule is COc1ccc(C[C@@]2(CCC(=O)O)CCC(=O)N2)cc1OC. The molecule has 1 aliphatic heterocycles. The smallest absolute Gasteiger partial charge is 0.303 e. The number of carbonyl (C=O) groups is 2. The molecule has 0 bridgehead atoms. The molecule has 22 heavy (non-hydrogen) atoms. The Labute approximate surface area is 129 Å². The van der Waals surface area contributed by atoms with Gasteiger partial charge in [-0.15, -0.1) is 0 Å². The zero-order chi connectivity index (χ0) is 16.2. The van der Waals surface area contributed by atoms with Gasteiger partial charge in [0.15, 0.2) is 11.5 Å². The second kappa shape index (κ2) is 6.68. The maximum atomic E-state index is 11.6. The lowest BCUT2D eigenvalue weighted by Crippen LogP contribution is -2.44. The van der Waals surface area contributed by atoms with Crippen LogP contribution in [0.25, 0.3) is 0 Å². The van der Waals surface area contributed by atoms with Crippen molar-refractivity contribution >= 4 is 11.9 Å². The third kappa shape index (κ3) is 3.69. The Morgan fingerprint density at radius 1 is 1.32 bits per heavy atom. The van der Waals surface area contributed by atoms with Crippen molar-refractivity contribution in [2.24, 2.45) is 0 Å². The van der Waals surface area contributed by atoms with Crippen molar-refractivity contribution in [3.8, 4) is 11.5 Å². The molecule has 0 radical (unpaired) electrons. The summed E-state index contributed by atoms with van der Waals surface area (Å²) in [7, 11) is 3.14. The normalized spacial score (nSPS) is 20.5. The van der Waals surface area contributed by atoms with Crippen LogP contribution in [0.1, 0.15) is 31.2 Å². The molecule has 1 heterocycles. The number of hydrogen-bond acceptors (Lipinski definition) is 4. The van der Waals surface area contributed by atoms with Crippen molar-refractivity contribution in [3.05, 3.63) is 23.8 Å². The molecule has 6 heteroatoms. The first-order chi connectivity index (χ1) is 10.5. The van der Waals surface area contributed by atoms with Gasteiger partial charge in [-0.05, 0) is 37.0 Å². The fourth-order valence-electron chi connectivity index (χ4n) is 2.91. The molecule has 0 saturated carbocycles. The lowest BCUT2D eigenvalue weighted by Gasteiger charge is -2.29. The Kier molecular flexibility index (Phi) is 4.90. The molecule has 1 aromatic rings. The van der Waals surface area contributed by atoms with E-state index in [1.54, 1.807) is 14.2 Å². The fraction of sp³-hybridized carbons (Fsp3) is 0.500. The van der Waals surface area contributed by atoms with E-state index in [1.807, 2.05) is 18.2 Å². The molecule has 0 aromatic heterocycles. The highest BCUT2D eigenvalue weighted by atomic mass is 16.5. The molecule has 6 nitrogen and oxygen atoms in total. The van der Waals surface area contributed by atoms with Crippen LogP contribution >= 0.6 is 0 Å². The zero-order valence-corrected chi connectivity index (χ0v) is 12.8. The van der Waals surface area contributed by atoms with Gasteiger partial charge in [0.2, 0.25) is 5.91 Å². The zero-order valence-electron chi connectivity index (χ0n) is 12.8. The third-order valence-corrected chi connectivity index (χ3v) is 4.04. The topological polar surface area (TPSA) is 84.9 Å². The molecule has 0 aliphatic carbocycles. The lowest BCUT2D eigenvalue weighted by molar-refractivity contribution is -0.137. The van der Waals surface area contributed by atoms with Crippen LogP contribution in [-0.2, 0) is 16.0 Å². The van der Waals surface area contributed by atoms with E-state index >= 15 is 0 Å². The first-order valence-corrected chi connectivity index (χ1v) is 7.22. The molecular weight excluding hydrogens is 286 g/mol. The Morgan fingerprint density at radius 2 is 2.05 bits per heavy atom. The Morgan fingerprint density at radius 3 is 2.59 bits per heavy atom. The van der Waals surface area contributed by atoms with Gasteiger partial charge in [-0.2, -0.15) is 0 Å². The van der Waals surface area contributed by atoms with E-state index in [0.29, 0.717) is 37.2 Å². The molecule has 1 aromatic carbocycles. The predicted octanol–water partition coefficient (Wildman–Crippen LogP) is 1.76. The van der Waals surface area contributed by atoms with Gasteiger partial charge in [0, 0.05) is 18.4 Å². The molecule has 1 saturated heterocycles. The summed E-state index contributed by atoms with van der Waals surface area (Å²) in [5.74, 6) is 0.387. The van der Waals surface area contributed by atoms with E-state index in [1.165, 1.54) is 0 Å². The fourth-order valence-corrected chi connectivity index (χ4v) is 2.91. The number of benzene rings is 1. The van der Waals surface area contributed by atoms with Gasteiger partial charge in [-0.25, -0.2) is 0 Å². The van der Waals surface area contributed by atoms with Crippen molar-refractivity contribution in [2.75, 3.05) is 14.2 Å². The highest BCUT2D eigenvalue weighted by Gasteiger charge is 2.38. The van der Waals surface area contributed by atoms with Crippen LogP contribution in [0.5, 0.6) is 11.5 Å². The number of aliphatic carboxylic acids is 1. The summed E-state index contributed by atoms with van der Waals surface area (Å²) in [5.41, 5.74) is 0.486. The third-order valence-electron chi connectivity index (χ3n) is 4.04. The van der Waals surface area contributed by atoms with Gasteiger partial charge in [-0.3, -0.25) is 9.59 Å². The minimum absolute atomic E-state index is 0.0223. The molecule has 1 aliphatic rings. The van der Waals surface area contributed by atoms with Gasteiger partial charge < -0.3 is 19.9 Å². The van der Waals surface area contributed by atoms with Gasteiger partial charge in [0.25, 0.3) is 0 Å². The molecule has 0 spiro atoms. The largest absolute Gasteiger partial charge is 0.493 e. The Bertz CT molecular complexity index is 572. The number of nitrogens with one attached hydrogen (secondary N) is 1. The first-order valence-electron chi connectivity index (χ1n) is 7.22. The van der Waals surface area contributed by atoms with Gasteiger partial charge >= 0.3 is 5.97 Å². The monoisotopic (exact) mass is 307 g/mol. The first kappa shape index (κ1) is 16.1. The molecule has 2 N–H and O–H groups in total. The van der Waals surface area contributed by atoms with Crippen LogP contribution < -0.4 is 14.8 Å². The number of carboxylic acids is 1. The van der Waals surface area contributed by atoms with Crippen molar-refractivity contribution in [3.63, 3.8) is 0 Å². The number of hydrogen-bond donors (Lipinski definition) is 2. The van der Waals surface area contributed by atoms with Crippen LogP contribution in [0.15, 0.2) is 18.2 Å². The van der Waals surface area contributed by atoms with Crippen LogP contribution in [0, 0.1) is 0 Å². The van der Waals surface area contributed by atoms with E-state index in [0.717, 1.165) is 5.56 Å². The summed E-state index contributed by atoms with van der Waals surface area (Å²) in [6, 6.07) is 5.59. The van der Waals surface area contributed by atoms with Crippen LogP contribution in [0.4, 0.5) is 0 Å². The van der Waals surface area contributed by atoms with Crippen LogP contribution in [-0.4, -0.2) is 36.7 Å². The summed E-state index contributed by atoms with van der Waals surface area (Å²) in [5, 5.41) is 11.9. The van der Waals surface area contributed by atoms with E-state index in [9.17, 15) is 9.59 Å². The minimum atomic E-state index is -0.854. The number of ether oxygens (including phenoxy) is 2. The molecule has 1 fully saturated rings. The minimum Gasteiger partial charge on any atom is -0.493 e. The summed E-state index contributed by atoms with van der Waals surface area (Å²) in [6.07, 6.45) is 2.11. The molecule has 1 atom stereocenters. The molecule has 1 amide bonds. The molecule has 0 unspecified atom stereocenters. The highest BCUT2D eigenvalue weighted by molar-refractivity contribution is 5.79. The number of rotatable bonds is 7. The van der Waals surface area contributed by atoms with Crippen LogP contribution in [0.3, 0.4) is 0 Å². The molecule has 2 rings (SSSR count). The van der Waals surface area contributed by atoms with Gasteiger partial charge in [0.1, 0.15) is 0 Å². The summed E-state index contributed by atoms with van der Waals surface area (Å²) in [6.45, 7) is 0. The second-order valence-electron chi connectivity index (χ2n) is 5.59. The molecule has 120 valence electrons. The van der Waals surface area contributed by atoms with Crippen molar-refractivity contribution < 1.29 is 24.2 Å². The van der Waals surface area contributed by atoms with E-state index < -0.39 is 11.5 Å². The second-order valence-corrected chi connectivity index (χ2v) is 5.59. The Balaban J connectivity index is 2.20. The number of carboxylic acid groups (broad SMARTS) is 1. The van der Waals surface area contributed by atoms with E-state index in [2.05, 4.69) is 5.32 Å². The molecular formula is C16H21NO5.